The average Bonchev–Trinajstić information content (AvgIpc) is 2.90. The maximum Gasteiger partial charge on any atom is 0.0972 e. The summed E-state index contributed by atoms with van der Waals surface area (Å²) in [6.45, 7) is 7.34. The molecule has 0 spiro atoms. The fourth-order valence-electron chi connectivity index (χ4n) is 4.51. The standard InChI is InChI=1S/C17H34N2O2/c1-13(2)8-14-6-5-7-17(9-14,12-18)19-10-15(20-3)16(11-19)21-4/h13-16H,5-12,18H2,1-4H3. The van der Waals surface area contributed by atoms with Crippen LogP contribution in [0.4, 0.5) is 0 Å². The minimum absolute atomic E-state index is 0.169. The van der Waals surface area contributed by atoms with E-state index in [1.807, 2.05) is 0 Å². The average molecular weight is 298 g/mol. The van der Waals surface area contributed by atoms with E-state index in [1.54, 1.807) is 14.2 Å². The van der Waals surface area contributed by atoms with Crippen LogP contribution in [0.3, 0.4) is 0 Å². The quantitative estimate of drug-likeness (QED) is 0.817. The molecule has 0 radical (unpaired) electrons. The Balaban J connectivity index is 2.06. The van der Waals surface area contributed by atoms with Crippen LogP contribution in [0.2, 0.25) is 0 Å². The molecule has 1 saturated heterocycles. The van der Waals surface area contributed by atoms with Crippen molar-refractivity contribution in [1.82, 2.24) is 4.90 Å². The number of likely N-dealkylation sites (tertiary alicyclic amines) is 1. The summed E-state index contributed by atoms with van der Waals surface area (Å²) >= 11 is 0. The lowest BCUT2D eigenvalue weighted by atomic mass is 9.72. The largest absolute Gasteiger partial charge is 0.377 e. The van der Waals surface area contributed by atoms with Crippen LogP contribution in [0, 0.1) is 11.8 Å². The third-order valence-corrected chi connectivity index (χ3v) is 5.60. The molecule has 21 heavy (non-hydrogen) atoms. The van der Waals surface area contributed by atoms with Crippen LogP contribution in [0.1, 0.15) is 46.0 Å². The van der Waals surface area contributed by atoms with Gasteiger partial charge < -0.3 is 15.2 Å². The first-order valence-electron chi connectivity index (χ1n) is 8.55. The fraction of sp³-hybridized carbons (Fsp3) is 1.00. The molecule has 2 rings (SSSR count). The lowest BCUT2D eigenvalue weighted by Gasteiger charge is -2.47. The molecule has 1 heterocycles. The highest BCUT2D eigenvalue weighted by atomic mass is 16.5. The molecule has 4 heteroatoms. The van der Waals surface area contributed by atoms with E-state index in [2.05, 4.69) is 18.7 Å². The Morgan fingerprint density at radius 1 is 1.19 bits per heavy atom. The van der Waals surface area contributed by atoms with E-state index < -0.39 is 0 Å². The van der Waals surface area contributed by atoms with Gasteiger partial charge in [-0.15, -0.1) is 0 Å². The Kier molecular flexibility index (Phi) is 6.06. The molecule has 0 amide bonds. The summed E-state index contributed by atoms with van der Waals surface area (Å²) in [5, 5.41) is 0. The molecule has 1 aliphatic carbocycles. The molecule has 0 aromatic heterocycles. The van der Waals surface area contributed by atoms with Crippen LogP contribution in [-0.2, 0) is 9.47 Å². The van der Waals surface area contributed by atoms with E-state index >= 15 is 0 Å². The van der Waals surface area contributed by atoms with Crippen molar-refractivity contribution in [2.24, 2.45) is 17.6 Å². The molecule has 0 bridgehead atoms. The molecule has 0 aromatic carbocycles. The number of nitrogens with two attached hydrogens (primary N) is 1. The Bertz CT molecular complexity index is 312. The Labute approximate surface area is 130 Å². The Morgan fingerprint density at radius 2 is 1.81 bits per heavy atom. The molecule has 4 atom stereocenters. The third-order valence-electron chi connectivity index (χ3n) is 5.60. The zero-order valence-electron chi connectivity index (χ0n) is 14.3. The van der Waals surface area contributed by atoms with E-state index in [0.29, 0.717) is 0 Å². The Hall–Kier alpha value is -0.160. The van der Waals surface area contributed by atoms with Gasteiger partial charge in [0.1, 0.15) is 0 Å². The van der Waals surface area contributed by atoms with Crippen LogP contribution in [0.5, 0.6) is 0 Å². The van der Waals surface area contributed by atoms with Gasteiger partial charge in [-0.1, -0.05) is 26.7 Å². The molecule has 4 nitrogen and oxygen atoms in total. The molecule has 1 aliphatic heterocycles. The van der Waals surface area contributed by atoms with Gasteiger partial charge in [0.2, 0.25) is 0 Å². The zero-order valence-corrected chi connectivity index (χ0v) is 14.3. The van der Waals surface area contributed by atoms with Crippen molar-refractivity contribution in [3.05, 3.63) is 0 Å². The van der Waals surface area contributed by atoms with E-state index in [4.69, 9.17) is 15.2 Å². The van der Waals surface area contributed by atoms with Gasteiger partial charge in [0.05, 0.1) is 12.2 Å². The second-order valence-corrected chi connectivity index (χ2v) is 7.47. The van der Waals surface area contributed by atoms with E-state index in [-0.39, 0.29) is 17.7 Å². The fourth-order valence-corrected chi connectivity index (χ4v) is 4.51. The topological polar surface area (TPSA) is 47.7 Å². The smallest absolute Gasteiger partial charge is 0.0972 e. The number of rotatable bonds is 6. The maximum absolute atomic E-state index is 6.26. The first-order valence-corrected chi connectivity index (χ1v) is 8.55. The van der Waals surface area contributed by atoms with Gasteiger partial charge in [-0.05, 0) is 31.1 Å². The zero-order chi connectivity index (χ0) is 15.5. The van der Waals surface area contributed by atoms with Gasteiger partial charge in [-0.25, -0.2) is 0 Å². The number of hydrogen-bond acceptors (Lipinski definition) is 4. The lowest BCUT2D eigenvalue weighted by Crippen LogP contribution is -2.56. The molecule has 4 unspecified atom stereocenters. The SMILES string of the molecule is COC1CN(C2(CN)CCCC(CC(C)C)C2)CC1OC. The minimum atomic E-state index is 0.169. The van der Waals surface area contributed by atoms with Crippen LogP contribution in [-0.4, -0.2) is 56.5 Å². The highest BCUT2D eigenvalue weighted by molar-refractivity contribution is 5.02. The van der Waals surface area contributed by atoms with Crippen LogP contribution in [0.15, 0.2) is 0 Å². The van der Waals surface area contributed by atoms with E-state index in [9.17, 15) is 0 Å². The molecule has 2 aliphatic rings. The predicted octanol–water partition coefficient (Wildman–Crippen LogP) is 2.27. The summed E-state index contributed by atoms with van der Waals surface area (Å²) in [5.41, 5.74) is 6.43. The van der Waals surface area contributed by atoms with E-state index in [0.717, 1.165) is 31.5 Å². The molecular formula is C17H34N2O2. The normalized spacial score (nSPS) is 38.3. The predicted molar refractivity (Wildman–Crippen MR) is 86.4 cm³/mol. The van der Waals surface area contributed by atoms with Gasteiger partial charge in [-0.2, -0.15) is 0 Å². The monoisotopic (exact) mass is 298 g/mol. The lowest BCUT2D eigenvalue weighted by molar-refractivity contribution is -0.00461. The molecule has 2 N–H and O–H groups in total. The Morgan fingerprint density at radius 3 is 2.29 bits per heavy atom. The number of nitrogens with zero attached hydrogens (tertiary/aromatic N) is 1. The van der Waals surface area contributed by atoms with Crippen molar-refractivity contribution in [3.8, 4) is 0 Å². The second-order valence-electron chi connectivity index (χ2n) is 7.47. The summed E-state index contributed by atoms with van der Waals surface area (Å²) in [6, 6.07) is 0. The van der Waals surface area contributed by atoms with Gasteiger partial charge in [-0.3, -0.25) is 4.90 Å². The molecule has 0 aromatic rings. The number of methoxy groups -OCH3 is 2. The summed E-state index contributed by atoms with van der Waals surface area (Å²) in [4.78, 5) is 2.57. The second kappa shape index (κ2) is 7.40. The van der Waals surface area contributed by atoms with Gasteiger partial charge in [0, 0.05) is 39.4 Å². The molecular weight excluding hydrogens is 264 g/mol. The highest BCUT2D eigenvalue weighted by Crippen LogP contribution is 2.40. The van der Waals surface area contributed by atoms with Crippen LogP contribution < -0.4 is 5.73 Å². The summed E-state index contributed by atoms with van der Waals surface area (Å²) in [5.74, 6) is 1.60. The number of ether oxygens (including phenoxy) is 2. The molecule has 124 valence electrons. The summed E-state index contributed by atoms with van der Waals surface area (Å²) < 4.78 is 11.2. The first-order chi connectivity index (χ1) is 10.0. The molecule has 1 saturated carbocycles. The van der Waals surface area contributed by atoms with Crippen molar-refractivity contribution >= 4 is 0 Å². The number of hydrogen-bond donors (Lipinski definition) is 1. The van der Waals surface area contributed by atoms with Crippen molar-refractivity contribution < 1.29 is 9.47 Å². The first kappa shape index (κ1) is 17.2. The minimum Gasteiger partial charge on any atom is -0.377 e. The summed E-state index contributed by atoms with van der Waals surface area (Å²) in [6.07, 6.45) is 6.85. The van der Waals surface area contributed by atoms with Crippen LogP contribution in [0.25, 0.3) is 0 Å². The van der Waals surface area contributed by atoms with Crippen molar-refractivity contribution in [1.29, 1.82) is 0 Å². The van der Waals surface area contributed by atoms with Gasteiger partial charge >= 0.3 is 0 Å². The van der Waals surface area contributed by atoms with Gasteiger partial charge in [0.15, 0.2) is 0 Å². The summed E-state index contributed by atoms with van der Waals surface area (Å²) in [7, 11) is 3.58. The van der Waals surface area contributed by atoms with Crippen molar-refractivity contribution in [2.75, 3.05) is 33.9 Å². The third kappa shape index (κ3) is 3.79. The van der Waals surface area contributed by atoms with E-state index in [1.165, 1.54) is 32.1 Å². The van der Waals surface area contributed by atoms with Crippen molar-refractivity contribution in [3.63, 3.8) is 0 Å². The highest BCUT2D eigenvalue weighted by Gasteiger charge is 2.46. The van der Waals surface area contributed by atoms with Crippen molar-refractivity contribution in [2.45, 2.75) is 63.7 Å². The molecule has 2 fully saturated rings. The maximum atomic E-state index is 6.26. The van der Waals surface area contributed by atoms with Gasteiger partial charge in [0.25, 0.3) is 0 Å². The van der Waals surface area contributed by atoms with Crippen LogP contribution >= 0.6 is 0 Å².